The fourth-order valence-corrected chi connectivity index (χ4v) is 3.33. The average molecular weight is 331 g/mol. The van der Waals surface area contributed by atoms with Gasteiger partial charge < -0.3 is 16.0 Å². The Bertz CT molecular complexity index is 547. The molecule has 1 aliphatic carbocycles. The number of carbonyl (C=O) groups excluding carboxylic acids is 2. The third kappa shape index (κ3) is 4.81. The van der Waals surface area contributed by atoms with Crippen LogP contribution in [0.5, 0.6) is 0 Å². The molecule has 0 aliphatic heterocycles. The first-order chi connectivity index (χ1) is 11.5. The van der Waals surface area contributed by atoms with Gasteiger partial charge in [0.2, 0.25) is 11.8 Å². The molecule has 1 aromatic rings. The van der Waals surface area contributed by atoms with Gasteiger partial charge in [-0.05, 0) is 44.7 Å². The summed E-state index contributed by atoms with van der Waals surface area (Å²) in [6.07, 6.45) is 4.41. The van der Waals surface area contributed by atoms with Crippen LogP contribution in [0.15, 0.2) is 30.3 Å². The summed E-state index contributed by atoms with van der Waals surface area (Å²) in [4.78, 5) is 27.2. The molecule has 0 aromatic heterocycles. The molecule has 3 unspecified atom stereocenters. The first-order valence-electron chi connectivity index (χ1n) is 8.95. The van der Waals surface area contributed by atoms with Crippen molar-refractivity contribution in [1.29, 1.82) is 0 Å². The second-order valence-corrected chi connectivity index (χ2v) is 6.69. The van der Waals surface area contributed by atoms with Crippen molar-refractivity contribution in [3.8, 4) is 0 Å². The topological polar surface area (TPSA) is 75.4 Å². The number of benzene rings is 1. The van der Waals surface area contributed by atoms with Gasteiger partial charge in [-0.1, -0.05) is 31.5 Å². The summed E-state index contributed by atoms with van der Waals surface area (Å²) in [6, 6.07) is 8.95. The van der Waals surface area contributed by atoms with E-state index in [0.29, 0.717) is 6.54 Å². The second-order valence-electron chi connectivity index (χ2n) is 6.69. The van der Waals surface area contributed by atoms with Crippen LogP contribution < -0.4 is 11.1 Å². The predicted molar refractivity (Wildman–Crippen MR) is 96.5 cm³/mol. The molecule has 0 radical (unpaired) electrons. The molecule has 1 aliphatic rings. The van der Waals surface area contributed by atoms with Gasteiger partial charge in [0.05, 0.1) is 0 Å². The van der Waals surface area contributed by atoms with E-state index in [0.717, 1.165) is 37.8 Å². The van der Waals surface area contributed by atoms with Crippen molar-refractivity contribution < 1.29 is 9.59 Å². The Labute approximate surface area is 144 Å². The largest absolute Gasteiger partial charge is 0.331 e. The zero-order chi connectivity index (χ0) is 17.5. The number of nitrogens with two attached hydrogens (primary N) is 1. The second kappa shape index (κ2) is 8.83. The number of nitrogens with one attached hydrogen (secondary N) is 1. The van der Waals surface area contributed by atoms with Gasteiger partial charge in [0.1, 0.15) is 6.04 Å². The lowest BCUT2D eigenvalue weighted by Crippen LogP contribution is -2.49. The number of anilines is 1. The molecule has 0 bridgehead atoms. The Morgan fingerprint density at radius 2 is 2.00 bits per heavy atom. The zero-order valence-corrected chi connectivity index (χ0v) is 14.7. The molecule has 1 fully saturated rings. The molecular weight excluding hydrogens is 302 g/mol. The highest BCUT2D eigenvalue weighted by atomic mass is 16.2. The maximum Gasteiger partial charge on any atom is 0.246 e. The van der Waals surface area contributed by atoms with Crippen molar-refractivity contribution in [3.63, 3.8) is 0 Å². The standard InChI is InChI=1S/C19H29N3O2/c1-3-12-22(19(24)15-8-7-9-16(20)13-15)14(2)18(23)21-17-10-5-4-6-11-17/h4-6,10-11,14-16H,3,7-9,12-13,20H2,1-2H3,(H,21,23). The van der Waals surface area contributed by atoms with Gasteiger partial charge in [-0.25, -0.2) is 0 Å². The molecule has 1 saturated carbocycles. The van der Waals surface area contributed by atoms with Crippen LogP contribution in [0.4, 0.5) is 5.69 Å². The van der Waals surface area contributed by atoms with Crippen LogP contribution in [-0.4, -0.2) is 35.3 Å². The normalized spacial score (nSPS) is 21.8. The lowest BCUT2D eigenvalue weighted by Gasteiger charge is -2.34. The van der Waals surface area contributed by atoms with Crippen LogP contribution in [0.1, 0.15) is 46.0 Å². The summed E-state index contributed by atoms with van der Waals surface area (Å²) in [6.45, 7) is 4.41. The molecule has 132 valence electrons. The summed E-state index contributed by atoms with van der Waals surface area (Å²) in [5, 5.41) is 2.89. The van der Waals surface area contributed by atoms with E-state index in [1.807, 2.05) is 37.3 Å². The lowest BCUT2D eigenvalue weighted by atomic mass is 9.85. The maximum absolute atomic E-state index is 12.9. The average Bonchev–Trinajstić information content (AvgIpc) is 2.59. The van der Waals surface area contributed by atoms with Gasteiger partial charge in [0.15, 0.2) is 0 Å². The van der Waals surface area contributed by atoms with Gasteiger partial charge in [-0.2, -0.15) is 0 Å². The Kier molecular flexibility index (Phi) is 6.79. The quantitative estimate of drug-likeness (QED) is 0.841. The first kappa shape index (κ1) is 18.5. The van der Waals surface area contributed by atoms with E-state index >= 15 is 0 Å². The van der Waals surface area contributed by atoms with E-state index in [2.05, 4.69) is 5.32 Å². The van der Waals surface area contributed by atoms with Crippen molar-refractivity contribution in [3.05, 3.63) is 30.3 Å². The van der Waals surface area contributed by atoms with Crippen molar-refractivity contribution in [1.82, 2.24) is 4.90 Å². The van der Waals surface area contributed by atoms with Crippen LogP contribution in [-0.2, 0) is 9.59 Å². The Hall–Kier alpha value is -1.88. The van der Waals surface area contributed by atoms with Gasteiger partial charge in [0, 0.05) is 24.2 Å². The molecule has 0 spiro atoms. The minimum Gasteiger partial charge on any atom is -0.331 e. The third-order valence-corrected chi connectivity index (χ3v) is 4.70. The van der Waals surface area contributed by atoms with Crippen molar-refractivity contribution >= 4 is 17.5 Å². The Balaban J connectivity index is 2.04. The van der Waals surface area contributed by atoms with Gasteiger partial charge >= 0.3 is 0 Å². The van der Waals surface area contributed by atoms with Crippen molar-refractivity contribution in [2.75, 3.05) is 11.9 Å². The molecule has 2 amide bonds. The van der Waals surface area contributed by atoms with Crippen molar-refractivity contribution in [2.45, 2.75) is 58.0 Å². The fourth-order valence-electron chi connectivity index (χ4n) is 3.33. The summed E-state index contributed by atoms with van der Waals surface area (Å²) < 4.78 is 0. The summed E-state index contributed by atoms with van der Waals surface area (Å²) in [5.41, 5.74) is 6.77. The molecule has 0 saturated heterocycles. The molecule has 5 nitrogen and oxygen atoms in total. The number of hydrogen-bond donors (Lipinski definition) is 2. The first-order valence-corrected chi connectivity index (χ1v) is 8.95. The number of hydrogen-bond acceptors (Lipinski definition) is 3. The molecule has 3 atom stereocenters. The van der Waals surface area contributed by atoms with Crippen LogP contribution in [0.2, 0.25) is 0 Å². The van der Waals surface area contributed by atoms with Gasteiger partial charge in [0.25, 0.3) is 0 Å². The number of nitrogens with zero attached hydrogens (tertiary/aromatic N) is 1. The van der Waals surface area contributed by atoms with E-state index in [4.69, 9.17) is 5.73 Å². The number of carbonyl (C=O) groups is 2. The minimum atomic E-state index is -0.490. The summed E-state index contributed by atoms with van der Waals surface area (Å²) in [5.74, 6) is -0.127. The van der Waals surface area contributed by atoms with Gasteiger partial charge in [-0.15, -0.1) is 0 Å². The molecule has 5 heteroatoms. The lowest BCUT2D eigenvalue weighted by molar-refractivity contribution is -0.142. The minimum absolute atomic E-state index is 0.0488. The van der Waals surface area contributed by atoms with Crippen molar-refractivity contribution in [2.24, 2.45) is 11.7 Å². The molecular formula is C19H29N3O2. The van der Waals surface area contributed by atoms with E-state index in [1.165, 1.54) is 0 Å². The SMILES string of the molecule is CCCN(C(=O)C1CCCC(N)C1)C(C)C(=O)Nc1ccccc1. The van der Waals surface area contributed by atoms with E-state index in [9.17, 15) is 9.59 Å². The fraction of sp³-hybridized carbons (Fsp3) is 0.579. The van der Waals surface area contributed by atoms with Crippen LogP contribution in [0.25, 0.3) is 0 Å². The third-order valence-electron chi connectivity index (χ3n) is 4.70. The highest BCUT2D eigenvalue weighted by Gasteiger charge is 2.33. The number of rotatable bonds is 6. The Morgan fingerprint density at radius 3 is 2.62 bits per heavy atom. The Morgan fingerprint density at radius 1 is 1.29 bits per heavy atom. The van der Waals surface area contributed by atoms with E-state index in [1.54, 1.807) is 11.8 Å². The molecule has 2 rings (SSSR count). The maximum atomic E-state index is 12.9. The van der Waals surface area contributed by atoms with E-state index in [-0.39, 0.29) is 23.8 Å². The van der Waals surface area contributed by atoms with Crippen LogP contribution in [0, 0.1) is 5.92 Å². The summed E-state index contributed by atoms with van der Waals surface area (Å²) in [7, 11) is 0. The van der Waals surface area contributed by atoms with E-state index < -0.39 is 6.04 Å². The highest BCUT2D eigenvalue weighted by Crippen LogP contribution is 2.26. The number of amides is 2. The number of para-hydroxylation sites is 1. The molecule has 0 heterocycles. The molecule has 1 aromatic carbocycles. The highest BCUT2D eigenvalue weighted by molar-refractivity contribution is 5.97. The van der Waals surface area contributed by atoms with Gasteiger partial charge in [-0.3, -0.25) is 9.59 Å². The summed E-state index contributed by atoms with van der Waals surface area (Å²) >= 11 is 0. The van der Waals surface area contributed by atoms with Crippen LogP contribution in [0.3, 0.4) is 0 Å². The zero-order valence-electron chi connectivity index (χ0n) is 14.7. The smallest absolute Gasteiger partial charge is 0.246 e. The molecule has 3 N–H and O–H groups in total. The van der Waals surface area contributed by atoms with Crippen LogP contribution >= 0.6 is 0 Å². The predicted octanol–water partition coefficient (Wildman–Crippen LogP) is 2.77. The monoisotopic (exact) mass is 331 g/mol. The molecule has 24 heavy (non-hydrogen) atoms.